The van der Waals surface area contributed by atoms with Crippen molar-refractivity contribution in [3.63, 3.8) is 0 Å². The summed E-state index contributed by atoms with van der Waals surface area (Å²) >= 11 is 0. The number of carbonyl (C=O) groups excluding carboxylic acids is 1. The summed E-state index contributed by atoms with van der Waals surface area (Å²) in [6, 6.07) is 8.22. The van der Waals surface area contributed by atoms with Gasteiger partial charge in [0.25, 0.3) is 5.91 Å². The summed E-state index contributed by atoms with van der Waals surface area (Å²) < 4.78 is 18.6. The van der Waals surface area contributed by atoms with Crippen molar-refractivity contribution >= 4 is 5.91 Å². The van der Waals surface area contributed by atoms with E-state index in [0.717, 1.165) is 0 Å². The van der Waals surface area contributed by atoms with Crippen LogP contribution in [0.4, 0.5) is 4.39 Å². The van der Waals surface area contributed by atoms with Gasteiger partial charge in [-0.25, -0.2) is 4.39 Å². The summed E-state index contributed by atoms with van der Waals surface area (Å²) in [5.41, 5.74) is 0.484. The summed E-state index contributed by atoms with van der Waals surface area (Å²) in [6.45, 7) is 2.13. The third-order valence-electron chi connectivity index (χ3n) is 3.15. The summed E-state index contributed by atoms with van der Waals surface area (Å²) in [6.07, 6.45) is 1.34. The summed E-state index contributed by atoms with van der Waals surface area (Å²) in [7, 11) is 0. The molecule has 21 heavy (non-hydrogen) atoms. The first-order valence-electron chi connectivity index (χ1n) is 6.66. The van der Waals surface area contributed by atoms with Gasteiger partial charge in [0.2, 0.25) is 0 Å². The van der Waals surface area contributed by atoms with Crippen LogP contribution in [0.15, 0.2) is 36.0 Å². The lowest BCUT2D eigenvalue weighted by Gasteiger charge is -2.26. The third-order valence-corrected chi connectivity index (χ3v) is 3.15. The van der Waals surface area contributed by atoms with Gasteiger partial charge < -0.3 is 15.0 Å². The molecule has 1 fully saturated rings. The third kappa shape index (κ3) is 4.04. The number of nitrogens with zero attached hydrogens (tertiary/aromatic N) is 2. The van der Waals surface area contributed by atoms with E-state index in [0.29, 0.717) is 31.9 Å². The molecule has 2 rings (SSSR count). The van der Waals surface area contributed by atoms with Crippen molar-refractivity contribution in [2.75, 3.05) is 26.3 Å². The molecule has 5 nitrogen and oxygen atoms in total. The van der Waals surface area contributed by atoms with Gasteiger partial charge in [0.1, 0.15) is 17.5 Å². The molecule has 0 atom stereocenters. The smallest absolute Gasteiger partial charge is 0.266 e. The molecule has 6 heteroatoms. The van der Waals surface area contributed by atoms with Crippen molar-refractivity contribution in [1.82, 2.24) is 10.2 Å². The lowest BCUT2D eigenvalue weighted by Crippen LogP contribution is -2.41. The number of hydrogen-bond donors (Lipinski definition) is 1. The Bertz CT molecular complexity index is 575. The fraction of sp³-hybridized carbons (Fsp3) is 0.333. The van der Waals surface area contributed by atoms with Crippen LogP contribution in [0.2, 0.25) is 0 Å². The first kappa shape index (κ1) is 15.0. The normalized spacial score (nSPS) is 15.4. The zero-order chi connectivity index (χ0) is 15.1. The van der Waals surface area contributed by atoms with Gasteiger partial charge in [-0.05, 0) is 6.07 Å². The molecule has 1 aromatic carbocycles. The highest BCUT2D eigenvalue weighted by molar-refractivity contribution is 5.97. The second-order valence-electron chi connectivity index (χ2n) is 4.55. The Labute approximate surface area is 122 Å². The van der Waals surface area contributed by atoms with Gasteiger partial charge in [0.05, 0.1) is 13.2 Å². The maximum absolute atomic E-state index is 13.4. The molecule has 0 aromatic heterocycles. The molecule has 0 unspecified atom stereocenters. The molecule has 0 spiro atoms. The number of benzene rings is 1. The summed E-state index contributed by atoms with van der Waals surface area (Å²) in [5, 5.41) is 11.9. The monoisotopic (exact) mass is 289 g/mol. The van der Waals surface area contributed by atoms with E-state index in [4.69, 9.17) is 10.00 Å². The lowest BCUT2D eigenvalue weighted by molar-refractivity contribution is -0.130. The molecule has 110 valence electrons. The molecule has 1 N–H and O–H groups in total. The molecule has 0 radical (unpaired) electrons. The van der Waals surface area contributed by atoms with Gasteiger partial charge >= 0.3 is 0 Å². The fourth-order valence-electron chi connectivity index (χ4n) is 1.98. The highest BCUT2D eigenvalue weighted by atomic mass is 19.1. The van der Waals surface area contributed by atoms with Crippen LogP contribution in [-0.2, 0) is 16.1 Å². The standard InChI is InChI=1S/C15H16FN3O2/c16-14-4-2-1-3-12(14)10-18-11-13(9-17)15(20)19-5-7-21-8-6-19/h1-4,11,18H,5-8,10H2/b13-11-. The van der Waals surface area contributed by atoms with E-state index >= 15 is 0 Å². The number of nitriles is 1. The number of halogens is 1. The van der Waals surface area contributed by atoms with Crippen LogP contribution >= 0.6 is 0 Å². The maximum atomic E-state index is 13.4. The molecule has 0 bridgehead atoms. The quantitative estimate of drug-likeness (QED) is 0.668. The van der Waals surface area contributed by atoms with E-state index < -0.39 is 0 Å². The average Bonchev–Trinajstić information content (AvgIpc) is 2.53. The Balaban J connectivity index is 1.96. The number of amides is 1. The van der Waals surface area contributed by atoms with Gasteiger partial charge in [-0.3, -0.25) is 4.79 Å². The number of morpholine rings is 1. The first-order valence-corrected chi connectivity index (χ1v) is 6.66. The van der Waals surface area contributed by atoms with Gasteiger partial charge in [0.15, 0.2) is 0 Å². The Morgan fingerprint density at radius 2 is 2.14 bits per heavy atom. The minimum absolute atomic E-state index is 0.00763. The molecule has 0 saturated carbocycles. The van der Waals surface area contributed by atoms with Crippen molar-refractivity contribution < 1.29 is 13.9 Å². The largest absolute Gasteiger partial charge is 0.385 e. The Morgan fingerprint density at radius 1 is 1.43 bits per heavy atom. The number of ether oxygens (including phenoxy) is 1. The van der Waals surface area contributed by atoms with Gasteiger partial charge in [0, 0.05) is 31.4 Å². The van der Waals surface area contributed by atoms with E-state index in [1.54, 1.807) is 23.1 Å². The van der Waals surface area contributed by atoms with E-state index in [1.165, 1.54) is 12.3 Å². The van der Waals surface area contributed by atoms with Crippen LogP contribution in [0.25, 0.3) is 0 Å². The van der Waals surface area contributed by atoms with E-state index in [2.05, 4.69) is 5.32 Å². The number of nitrogens with one attached hydrogen (secondary N) is 1. The van der Waals surface area contributed by atoms with Crippen LogP contribution in [0.5, 0.6) is 0 Å². The molecule has 1 amide bonds. The second kappa shape index (κ2) is 7.41. The van der Waals surface area contributed by atoms with Crippen molar-refractivity contribution in [1.29, 1.82) is 5.26 Å². The predicted molar refractivity (Wildman–Crippen MR) is 74.3 cm³/mol. The average molecular weight is 289 g/mol. The Morgan fingerprint density at radius 3 is 2.81 bits per heavy atom. The minimum atomic E-state index is -0.332. The Kier molecular flexibility index (Phi) is 5.29. The van der Waals surface area contributed by atoms with Gasteiger partial charge in [-0.1, -0.05) is 18.2 Å². The highest BCUT2D eigenvalue weighted by Gasteiger charge is 2.20. The van der Waals surface area contributed by atoms with E-state index in [9.17, 15) is 9.18 Å². The number of carbonyl (C=O) groups is 1. The van der Waals surface area contributed by atoms with Crippen molar-refractivity contribution in [3.8, 4) is 6.07 Å². The Hall–Kier alpha value is -2.39. The number of rotatable bonds is 4. The van der Waals surface area contributed by atoms with E-state index in [-0.39, 0.29) is 23.8 Å². The van der Waals surface area contributed by atoms with Gasteiger partial charge in [-0.15, -0.1) is 0 Å². The molecule has 1 aliphatic rings. The van der Waals surface area contributed by atoms with Crippen molar-refractivity contribution in [2.45, 2.75) is 6.54 Å². The predicted octanol–water partition coefficient (Wildman–Crippen LogP) is 1.18. The van der Waals surface area contributed by atoms with E-state index in [1.807, 2.05) is 6.07 Å². The zero-order valence-electron chi connectivity index (χ0n) is 11.5. The summed E-state index contributed by atoms with van der Waals surface area (Å²) in [5.74, 6) is -0.654. The van der Waals surface area contributed by atoms with Crippen molar-refractivity contribution in [2.24, 2.45) is 0 Å². The molecule has 1 aliphatic heterocycles. The SMILES string of the molecule is N#C/C(=C/NCc1ccccc1F)C(=O)N1CCOCC1. The molecule has 1 saturated heterocycles. The van der Waals surface area contributed by atoms with Crippen LogP contribution < -0.4 is 5.32 Å². The molecular weight excluding hydrogens is 273 g/mol. The first-order chi connectivity index (χ1) is 10.2. The molecule has 1 aromatic rings. The topological polar surface area (TPSA) is 65.4 Å². The van der Waals surface area contributed by atoms with Crippen LogP contribution in [0.3, 0.4) is 0 Å². The fourth-order valence-corrected chi connectivity index (χ4v) is 1.98. The highest BCUT2D eigenvalue weighted by Crippen LogP contribution is 2.07. The van der Waals surface area contributed by atoms with Crippen molar-refractivity contribution in [3.05, 3.63) is 47.4 Å². The molecule has 1 heterocycles. The molecule has 0 aliphatic carbocycles. The van der Waals surface area contributed by atoms with Crippen LogP contribution in [0, 0.1) is 17.1 Å². The van der Waals surface area contributed by atoms with Gasteiger partial charge in [-0.2, -0.15) is 5.26 Å². The van der Waals surface area contributed by atoms with Crippen LogP contribution in [0.1, 0.15) is 5.56 Å². The lowest BCUT2D eigenvalue weighted by atomic mass is 10.2. The summed E-state index contributed by atoms with van der Waals surface area (Å²) in [4.78, 5) is 13.7. The number of hydrogen-bond acceptors (Lipinski definition) is 4. The minimum Gasteiger partial charge on any atom is -0.385 e. The van der Waals surface area contributed by atoms with Crippen LogP contribution in [-0.4, -0.2) is 37.1 Å². The second-order valence-corrected chi connectivity index (χ2v) is 4.55. The maximum Gasteiger partial charge on any atom is 0.266 e. The molecular formula is C15H16FN3O2. The zero-order valence-corrected chi connectivity index (χ0v) is 11.5.